The van der Waals surface area contributed by atoms with Crippen LogP contribution in [0, 0.1) is 0 Å². The number of thiophene rings is 1. The molecule has 7 heteroatoms. The lowest BCUT2D eigenvalue weighted by Gasteiger charge is -2.08. The summed E-state index contributed by atoms with van der Waals surface area (Å²) in [4.78, 5) is 12.1. The number of hydrogen-bond acceptors (Lipinski definition) is 3. The van der Waals surface area contributed by atoms with Gasteiger partial charge in [0.15, 0.2) is 5.78 Å². The Morgan fingerprint density at radius 3 is 2.67 bits per heavy atom. The van der Waals surface area contributed by atoms with Gasteiger partial charge in [0.1, 0.15) is 0 Å². The van der Waals surface area contributed by atoms with Crippen LogP contribution in [0.3, 0.4) is 0 Å². The molecule has 0 aliphatic carbocycles. The third-order valence-corrected chi connectivity index (χ3v) is 3.87. The summed E-state index contributed by atoms with van der Waals surface area (Å²) in [7, 11) is 0. The number of anilines is 1. The lowest BCUT2D eigenvalue weighted by Crippen LogP contribution is -2.05. The lowest BCUT2D eigenvalue weighted by molar-refractivity contribution is -0.137. The zero-order valence-electron chi connectivity index (χ0n) is 10.4. The molecule has 0 fully saturated rings. The van der Waals surface area contributed by atoms with Crippen molar-refractivity contribution in [3.05, 3.63) is 63.5 Å². The normalized spacial score (nSPS) is 11.8. The van der Waals surface area contributed by atoms with Crippen LogP contribution in [0.15, 0.2) is 48.0 Å². The molecule has 0 amide bonds. The minimum absolute atomic E-state index is 0.242. The molecule has 0 saturated carbocycles. The first-order valence-corrected chi connectivity index (χ1v) is 7.01. The van der Waals surface area contributed by atoms with Gasteiger partial charge in [0, 0.05) is 18.0 Å². The van der Waals surface area contributed by atoms with Gasteiger partial charge in [-0.25, -0.2) is 0 Å². The number of allylic oxidation sites excluding steroid dienone is 1. The Bertz CT molecular complexity index is 679. The molecule has 2 rings (SSSR count). The van der Waals surface area contributed by atoms with Crippen molar-refractivity contribution < 1.29 is 18.0 Å². The number of ketones is 1. The molecule has 0 atom stereocenters. The van der Waals surface area contributed by atoms with Crippen LogP contribution >= 0.6 is 22.9 Å². The van der Waals surface area contributed by atoms with Crippen LogP contribution in [0.1, 0.15) is 15.2 Å². The summed E-state index contributed by atoms with van der Waals surface area (Å²) in [6.45, 7) is 0. The van der Waals surface area contributed by atoms with Crippen LogP contribution in [-0.4, -0.2) is 5.78 Å². The summed E-state index contributed by atoms with van der Waals surface area (Å²) in [5, 5.41) is 4.67. The van der Waals surface area contributed by atoms with Crippen LogP contribution in [0.4, 0.5) is 18.9 Å². The highest BCUT2D eigenvalue weighted by Gasteiger charge is 2.30. The van der Waals surface area contributed by atoms with Crippen molar-refractivity contribution in [3.8, 4) is 0 Å². The number of halogens is 4. The first-order valence-electron chi connectivity index (χ1n) is 5.75. The number of carbonyl (C=O) groups excluding carboxylic acids is 1. The van der Waals surface area contributed by atoms with E-state index in [4.69, 9.17) is 11.6 Å². The van der Waals surface area contributed by atoms with Gasteiger partial charge in [-0.2, -0.15) is 13.2 Å². The third kappa shape index (κ3) is 4.09. The van der Waals surface area contributed by atoms with Crippen molar-refractivity contribution in [2.24, 2.45) is 0 Å². The van der Waals surface area contributed by atoms with Gasteiger partial charge in [-0.3, -0.25) is 4.79 Å². The van der Waals surface area contributed by atoms with Crippen molar-refractivity contribution in [3.63, 3.8) is 0 Å². The van der Waals surface area contributed by atoms with Crippen LogP contribution in [0.2, 0.25) is 5.02 Å². The lowest BCUT2D eigenvalue weighted by atomic mass is 10.2. The molecular weight excluding hydrogens is 323 g/mol. The summed E-state index contributed by atoms with van der Waals surface area (Å²) in [6, 6.07) is 6.31. The van der Waals surface area contributed by atoms with Crippen molar-refractivity contribution in [2.75, 3.05) is 5.32 Å². The SMILES string of the molecule is O=C(/C=C\Nc1cccc(C(F)(F)F)c1)c1sccc1Cl. The predicted molar refractivity (Wildman–Crippen MR) is 77.9 cm³/mol. The van der Waals surface area contributed by atoms with Crippen molar-refractivity contribution in [1.82, 2.24) is 0 Å². The Morgan fingerprint density at radius 2 is 2.05 bits per heavy atom. The summed E-state index contributed by atoms with van der Waals surface area (Å²) < 4.78 is 37.6. The van der Waals surface area contributed by atoms with Gasteiger partial charge in [-0.15, -0.1) is 11.3 Å². The number of alkyl halides is 3. The second kappa shape index (κ2) is 6.32. The molecule has 1 heterocycles. The van der Waals surface area contributed by atoms with Gasteiger partial charge in [-0.1, -0.05) is 17.7 Å². The maximum atomic E-state index is 12.5. The molecule has 0 aliphatic heterocycles. The zero-order valence-corrected chi connectivity index (χ0v) is 12.0. The predicted octanol–water partition coefficient (Wildman–Crippen LogP) is 5.23. The van der Waals surface area contributed by atoms with Gasteiger partial charge in [0.2, 0.25) is 0 Å². The molecule has 2 nitrogen and oxygen atoms in total. The van der Waals surface area contributed by atoms with Crippen LogP contribution in [0.5, 0.6) is 0 Å². The molecule has 2 aromatic rings. The maximum absolute atomic E-state index is 12.5. The van der Waals surface area contributed by atoms with Crippen LogP contribution < -0.4 is 5.32 Å². The smallest absolute Gasteiger partial charge is 0.362 e. The average molecular weight is 332 g/mol. The molecule has 1 aromatic carbocycles. The monoisotopic (exact) mass is 331 g/mol. The summed E-state index contributed by atoms with van der Waals surface area (Å²) in [6.07, 6.45) is -1.90. The Hall–Kier alpha value is -1.79. The fourth-order valence-electron chi connectivity index (χ4n) is 1.54. The van der Waals surface area contributed by atoms with Crippen molar-refractivity contribution in [1.29, 1.82) is 0 Å². The average Bonchev–Trinajstić information content (AvgIpc) is 2.84. The van der Waals surface area contributed by atoms with Crippen LogP contribution in [-0.2, 0) is 6.18 Å². The van der Waals surface area contributed by atoms with Gasteiger partial charge in [0.05, 0.1) is 15.5 Å². The van der Waals surface area contributed by atoms with Gasteiger partial charge < -0.3 is 5.32 Å². The molecule has 21 heavy (non-hydrogen) atoms. The Labute approximate surface area is 127 Å². The number of carbonyl (C=O) groups is 1. The largest absolute Gasteiger partial charge is 0.416 e. The molecule has 0 spiro atoms. The van der Waals surface area contributed by atoms with E-state index >= 15 is 0 Å². The van der Waals surface area contributed by atoms with E-state index in [-0.39, 0.29) is 11.5 Å². The van der Waals surface area contributed by atoms with E-state index in [0.717, 1.165) is 12.1 Å². The van der Waals surface area contributed by atoms with Gasteiger partial charge >= 0.3 is 6.18 Å². The topological polar surface area (TPSA) is 29.1 Å². The molecule has 0 aliphatic rings. The minimum Gasteiger partial charge on any atom is -0.362 e. The Morgan fingerprint density at radius 1 is 1.29 bits per heavy atom. The molecular formula is C14H9ClF3NOS. The zero-order chi connectivity index (χ0) is 15.5. The van der Waals surface area contributed by atoms with E-state index < -0.39 is 11.7 Å². The first kappa shape index (κ1) is 15.6. The third-order valence-electron chi connectivity index (χ3n) is 2.52. The van der Waals surface area contributed by atoms with E-state index in [0.29, 0.717) is 9.90 Å². The van der Waals surface area contributed by atoms with E-state index in [1.165, 1.54) is 35.7 Å². The molecule has 1 aromatic heterocycles. The minimum atomic E-state index is -4.40. The fourth-order valence-corrected chi connectivity index (χ4v) is 2.61. The molecule has 0 saturated heterocycles. The molecule has 110 valence electrons. The summed E-state index contributed by atoms with van der Waals surface area (Å²) in [5.74, 6) is -0.311. The second-order valence-electron chi connectivity index (χ2n) is 4.02. The van der Waals surface area contributed by atoms with E-state index in [1.54, 1.807) is 11.4 Å². The molecule has 0 radical (unpaired) electrons. The molecule has 0 bridgehead atoms. The molecule has 1 N–H and O–H groups in total. The van der Waals surface area contributed by atoms with E-state index in [9.17, 15) is 18.0 Å². The highest BCUT2D eigenvalue weighted by Crippen LogP contribution is 2.30. The first-order chi connectivity index (χ1) is 9.88. The van der Waals surface area contributed by atoms with E-state index in [2.05, 4.69) is 5.32 Å². The summed E-state index contributed by atoms with van der Waals surface area (Å²) >= 11 is 7.01. The summed E-state index contributed by atoms with van der Waals surface area (Å²) in [5.41, 5.74) is -0.514. The number of nitrogens with one attached hydrogen (secondary N) is 1. The quantitative estimate of drug-likeness (QED) is 0.614. The van der Waals surface area contributed by atoms with Crippen LogP contribution in [0.25, 0.3) is 0 Å². The molecule has 0 unspecified atom stereocenters. The van der Waals surface area contributed by atoms with Gasteiger partial charge in [0.25, 0.3) is 0 Å². The van der Waals surface area contributed by atoms with E-state index in [1.807, 2.05) is 0 Å². The Balaban J connectivity index is 2.05. The highest BCUT2D eigenvalue weighted by atomic mass is 35.5. The number of benzene rings is 1. The van der Waals surface area contributed by atoms with Crippen molar-refractivity contribution in [2.45, 2.75) is 6.18 Å². The fraction of sp³-hybridized carbons (Fsp3) is 0.0714. The second-order valence-corrected chi connectivity index (χ2v) is 5.34. The maximum Gasteiger partial charge on any atom is 0.416 e. The Kier molecular flexibility index (Phi) is 4.69. The number of rotatable bonds is 4. The van der Waals surface area contributed by atoms with Crippen molar-refractivity contribution >= 4 is 34.4 Å². The highest BCUT2D eigenvalue weighted by molar-refractivity contribution is 7.13. The standard InChI is InChI=1S/C14H9ClF3NOS/c15-11-5-7-21-13(11)12(20)4-6-19-10-3-1-2-9(8-10)14(16,17)18/h1-8,19H/b6-4-. The number of hydrogen-bond donors (Lipinski definition) is 1. The van der Waals surface area contributed by atoms with Gasteiger partial charge in [-0.05, 0) is 29.6 Å².